The molecule has 5 heteroatoms. The molecule has 0 aliphatic heterocycles. The van der Waals surface area contributed by atoms with Crippen molar-refractivity contribution in [2.45, 2.75) is 58.7 Å². The first kappa shape index (κ1) is 21.8. The lowest BCUT2D eigenvalue weighted by Crippen LogP contribution is -2.40. The largest absolute Gasteiger partial charge is 0.476 e. The molecule has 1 aliphatic rings. The fraction of sp³-hybridized carbons (Fsp3) is 0.458. The van der Waals surface area contributed by atoms with Crippen molar-refractivity contribution in [2.24, 2.45) is 5.92 Å². The summed E-state index contributed by atoms with van der Waals surface area (Å²) in [5, 5.41) is 10.7. The molecule has 3 atom stereocenters. The molecule has 156 valence electrons. The number of hydrogen-bond donors (Lipinski definition) is 1. The lowest BCUT2D eigenvalue weighted by atomic mass is 9.98. The molecule has 1 N–H and O–H groups in total. The topological polar surface area (TPSA) is 55.8 Å². The normalized spacial score (nSPS) is 19.6. The van der Waals surface area contributed by atoms with Crippen LogP contribution in [0.15, 0.2) is 40.9 Å². The second kappa shape index (κ2) is 8.49. The standard InChI is InChI=1S/C24H29BrO4/c1-6-28-23(27)24(4,5)29-22-14(2)11-17(12-15(22)3)19-13-20(19)21(26)16-7-9-18(25)10-8-16/h7-12,19-21,26H,6,13H2,1-5H3. The van der Waals surface area contributed by atoms with Crippen LogP contribution < -0.4 is 4.74 Å². The predicted molar refractivity (Wildman–Crippen MR) is 117 cm³/mol. The van der Waals surface area contributed by atoms with E-state index >= 15 is 0 Å². The van der Waals surface area contributed by atoms with Gasteiger partial charge >= 0.3 is 5.97 Å². The summed E-state index contributed by atoms with van der Waals surface area (Å²) in [6.07, 6.45) is 0.498. The van der Waals surface area contributed by atoms with Crippen LogP contribution in [0.2, 0.25) is 0 Å². The van der Waals surface area contributed by atoms with E-state index < -0.39 is 11.7 Å². The molecular weight excluding hydrogens is 432 g/mol. The van der Waals surface area contributed by atoms with Crippen molar-refractivity contribution >= 4 is 21.9 Å². The van der Waals surface area contributed by atoms with E-state index in [4.69, 9.17) is 9.47 Å². The van der Waals surface area contributed by atoms with Gasteiger partial charge in [-0.1, -0.05) is 40.2 Å². The van der Waals surface area contributed by atoms with Crippen molar-refractivity contribution < 1.29 is 19.4 Å². The van der Waals surface area contributed by atoms with Gasteiger partial charge in [-0.3, -0.25) is 0 Å². The van der Waals surface area contributed by atoms with Crippen molar-refractivity contribution in [3.63, 3.8) is 0 Å². The van der Waals surface area contributed by atoms with Crippen LogP contribution in [-0.2, 0) is 9.53 Å². The second-order valence-corrected chi connectivity index (χ2v) is 9.23. The van der Waals surface area contributed by atoms with Gasteiger partial charge in [0.1, 0.15) is 5.75 Å². The zero-order valence-electron chi connectivity index (χ0n) is 17.7. The average Bonchev–Trinajstić information content (AvgIpc) is 3.45. The Hall–Kier alpha value is -1.85. The van der Waals surface area contributed by atoms with E-state index in [-0.39, 0.29) is 11.9 Å². The summed E-state index contributed by atoms with van der Waals surface area (Å²) in [6.45, 7) is 9.55. The second-order valence-electron chi connectivity index (χ2n) is 8.32. The Bertz CT molecular complexity index is 865. The number of rotatable bonds is 7. The Labute approximate surface area is 181 Å². The first-order valence-corrected chi connectivity index (χ1v) is 10.8. The van der Waals surface area contributed by atoms with Crippen molar-refractivity contribution in [1.82, 2.24) is 0 Å². The van der Waals surface area contributed by atoms with E-state index in [2.05, 4.69) is 28.1 Å². The quantitative estimate of drug-likeness (QED) is 0.544. The van der Waals surface area contributed by atoms with E-state index in [1.807, 2.05) is 38.1 Å². The average molecular weight is 461 g/mol. The van der Waals surface area contributed by atoms with Gasteiger partial charge in [0, 0.05) is 4.47 Å². The van der Waals surface area contributed by atoms with Crippen molar-refractivity contribution in [3.8, 4) is 5.75 Å². The number of aliphatic hydroxyl groups excluding tert-OH is 1. The number of esters is 1. The van der Waals surface area contributed by atoms with Gasteiger partial charge in [0.05, 0.1) is 12.7 Å². The molecule has 0 amide bonds. The van der Waals surface area contributed by atoms with Gasteiger partial charge in [0.15, 0.2) is 5.60 Å². The minimum Gasteiger partial charge on any atom is -0.476 e. The summed E-state index contributed by atoms with van der Waals surface area (Å²) in [7, 11) is 0. The molecule has 0 bridgehead atoms. The highest BCUT2D eigenvalue weighted by Gasteiger charge is 2.44. The molecule has 1 aliphatic carbocycles. The monoisotopic (exact) mass is 460 g/mol. The van der Waals surface area contributed by atoms with E-state index in [9.17, 15) is 9.90 Å². The van der Waals surface area contributed by atoms with Crippen LogP contribution in [0.1, 0.15) is 61.5 Å². The summed E-state index contributed by atoms with van der Waals surface area (Å²) < 4.78 is 12.2. The minimum atomic E-state index is -1.05. The van der Waals surface area contributed by atoms with E-state index in [0.29, 0.717) is 12.5 Å². The first-order valence-electron chi connectivity index (χ1n) is 10.0. The maximum Gasteiger partial charge on any atom is 0.349 e. The summed E-state index contributed by atoms with van der Waals surface area (Å²) in [5.41, 5.74) is 3.09. The van der Waals surface area contributed by atoms with E-state index in [0.717, 1.165) is 33.3 Å². The van der Waals surface area contributed by atoms with Crippen LogP contribution in [0.4, 0.5) is 0 Å². The molecule has 0 aromatic heterocycles. The highest BCUT2D eigenvalue weighted by atomic mass is 79.9. The molecule has 1 saturated carbocycles. The molecular formula is C24H29BrO4. The molecule has 2 aromatic carbocycles. The van der Waals surface area contributed by atoms with Gasteiger partial charge in [0.2, 0.25) is 0 Å². The molecule has 0 heterocycles. The molecule has 0 saturated heterocycles. The van der Waals surface area contributed by atoms with Gasteiger partial charge in [0.25, 0.3) is 0 Å². The molecule has 29 heavy (non-hydrogen) atoms. The number of benzene rings is 2. The third kappa shape index (κ3) is 4.84. The van der Waals surface area contributed by atoms with Gasteiger partial charge < -0.3 is 14.6 Å². The fourth-order valence-corrected chi connectivity index (χ4v) is 4.08. The fourth-order valence-electron chi connectivity index (χ4n) is 3.81. The van der Waals surface area contributed by atoms with Crippen molar-refractivity contribution in [2.75, 3.05) is 6.61 Å². The lowest BCUT2D eigenvalue weighted by Gasteiger charge is -2.26. The number of carbonyl (C=O) groups excluding carboxylic acids is 1. The summed E-state index contributed by atoms with van der Waals surface area (Å²) in [6, 6.07) is 12.1. The first-order chi connectivity index (χ1) is 13.6. The van der Waals surface area contributed by atoms with Gasteiger partial charge in [-0.2, -0.15) is 0 Å². The SMILES string of the molecule is CCOC(=O)C(C)(C)Oc1c(C)cc(C2CC2C(O)c2ccc(Br)cc2)cc1C. The van der Waals surface area contributed by atoms with Gasteiger partial charge in [-0.15, -0.1) is 0 Å². The molecule has 0 spiro atoms. The van der Waals surface area contributed by atoms with Crippen LogP contribution in [0, 0.1) is 19.8 Å². The van der Waals surface area contributed by atoms with Gasteiger partial charge in [-0.05, 0) is 87.3 Å². The number of hydrogen-bond acceptors (Lipinski definition) is 4. The number of carbonyl (C=O) groups is 1. The summed E-state index contributed by atoms with van der Waals surface area (Å²) in [4.78, 5) is 12.2. The maximum atomic E-state index is 12.2. The molecule has 1 fully saturated rings. The van der Waals surface area contributed by atoms with Crippen LogP contribution >= 0.6 is 15.9 Å². The Morgan fingerprint density at radius 3 is 2.34 bits per heavy atom. The minimum absolute atomic E-state index is 0.220. The smallest absolute Gasteiger partial charge is 0.349 e. The van der Waals surface area contributed by atoms with Gasteiger partial charge in [-0.25, -0.2) is 4.79 Å². The number of aliphatic hydroxyl groups is 1. The Morgan fingerprint density at radius 2 is 1.79 bits per heavy atom. The predicted octanol–water partition coefficient (Wildman–Crippen LogP) is 5.62. The van der Waals surface area contributed by atoms with Crippen LogP contribution in [-0.4, -0.2) is 23.3 Å². The summed E-state index contributed by atoms with van der Waals surface area (Å²) >= 11 is 3.43. The summed E-state index contributed by atoms with van der Waals surface area (Å²) in [5.74, 6) is 0.899. The molecule has 4 nitrogen and oxygen atoms in total. The maximum absolute atomic E-state index is 12.2. The van der Waals surface area contributed by atoms with E-state index in [1.54, 1.807) is 20.8 Å². The molecule has 3 rings (SSSR count). The third-order valence-electron chi connectivity index (χ3n) is 5.49. The number of halogens is 1. The van der Waals surface area contributed by atoms with Crippen molar-refractivity contribution in [1.29, 1.82) is 0 Å². The Morgan fingerprint density at radius 1 is 1.21 bits per heavy atom. The van der Waals surface area contributed by atoms with E-state index in [1.165, 1.54) is 5.56 Å². The van der Waals surface area contributed by atoms with Crippen molar-refractivity contribution in [3.05, 3.63) is 63.1 Å². The zero-order valence-corrected chi connectivity index (χ0v) is 19.2. The lowest BCUT2D eigenvalue weighted by molar-refractivity contribution is -0.158. The van der Waals surface area contributed by atoms with Crippen LogP contribution in [0.25, 0.3) is 0 Å². The highest BCUT2D eigenvalue weighted by Crippen LogP contribution is 2.54. The number of ether oxygens (including phenoxy) is 2. The van der Waals surface area contributed by atoms with Crippen LogP contribution in [0.3, 0.4) is 0 Å². The Balaban J connectivity index is 1.75. The molecule has 3 unspecified atom stereocenters. The Kier molecular flexibility index (Phi) is 6.39. The van der Waals surface area contributed by atoms with Crippen LogP contribution in [0.5, 0.6) is 5.75 Å². The third-order valence-corrected chi connectivity index (χ3v) is 6.02. The highest BCUT2D eigenvalue weighted by molar-refractivity contribution is 9.10. The molecule has 0 radical (unpaired) electrons. The number of aryl methyl sites for hydroxylation is 2. The molecule has 2 aromatic rings. The zero-order chi connectivity index (χ0) is 21.3.